The van der Waals surface area contributed by atoms with Crippen LogP contribution in [0.3, 0.4) is 0 Å². The minimum absolute atomic E-state index is 0.0313. The molecular formula is C10H18O4. The summed E-state index contributed by atoms with van der Waals surface area (Å²) in [5.74, 6) is -0.549. The number of hydrogen-bond donors (Lipinski definition) is 0. The minimum atomic E-state index is -0.319. The zero-order valence-electron chi connectivity index (χ0n) is 9.04. The fraction of sp³-hybridized carbons (Fsp3) is 0.800. The van der Waals surface area contributed by atoms with Crippen LogP contribution in [0.4, 0.5) is 0 Å². The molecule has 1 unspecified atom stereocenters. The molecule has 0 saturated carbocycles. The van der Waals surface area contributed by atoms with Crippen LogP contribution in [0.2, 0.25) is 0 Å². The van der Waals surface area contributed by atoms with Crippen LogP contribution in [-0.4, -0.2) is 24.6 Å². The molecule has 0 heterocycles. The highest BCUT2D eigenvalue weighted by molar-refractivity contribution is 5.69. The first-order valence-electron chi connectivity index (χ1n) is 4.89. The largest absolute Gasteiger partial charge is 0.466 e. The summed E-state index contributed by atoms with van der Waals surface area (Å²) in [5, 5.41) is 0. The van der Waals surface area contributed by atoms with E-state index in [1.54, 1.807) is 0 Å². The van der Waals surface area contributed by atoms with Crippen LogP contribution in [0.25, 0.3) is 0 Å². The number of carbonyl (C=O) groups excluding carboxylic acids is 2. The predicted octanol–water partition coefficient (Wildman–Crippen LogP) is 1.67. The van der Waals surface area contributed by atoms with Crippen molar-refractivity contribution < 1.29 is 19.1 Å². The van der Waals surface area contributed by atoms with Gasteiger partial charge in [0.15, 0.2) is 0 Å². The van der Waals surface area contributed by atoms with E-state index in [9.17, 15) is 9.59 Å². The lowest BCUT2D eigenvalue weighted by Crippen LogP contribution is -2.14. The number of carbonyl (C=O) groups is 2. The van der Waals surface area contributed by atoms with Gasteiger partial charge in [0.1, 0.15) is 0 Å². The molecule has 0 aromatic rings. The maximum absolute atomic E-state index is 11.1. The van der Waals surface area contributed by atoms with Crippen molar-refractivity contribution in [2.75, 3.05) is 6.61 Å². The Hall–Kier alpha value is -1.06. The maximum atomic E-state index is 11.1. The molecule has 82 valence electrons. The zero-order valence-corrected chi connectivity index (χ0v) is 9.04. The summed E-state index contributed by atoms with van der Waals surface area (Å²) < 4.78 is 9.70. The van der Waals surface area contributed by atoms with Crippen molar-refractivity contribution in [1.29, 1.82) is 0 Å². The molecule has 0 bridgehead atoms. The first-order chi connectivity index (χ1) is 6.56. The molecule has 0 spiro atoms. The molecule has 0 saturated heterocycles. The summed E-state index contributed by atoms with van der Waals surface area (Å²) in [6.07, 6.45) is 1.61. The van der Waals surface area contributed by atoms with E-state index >= 15 is 0 Å². The highest BCUT2D eigenvalue weighted by Crippen LogP contribution is 2.00. The van der Waals surface area contributed by atoms with Crippen molar-refractivity contribution >= 4 is 11.9 Å². The molecule has 0 radical (unpaired) electrons. The Balaban J connectivity index is 3.40. The quantitative estimate of drug-likeness (QED) is 0.485. The van der Waals surface area contributed by atoms with Crippen LogP contribution in [0.15, 0.2) is 0 Å². The summed E-state index contributed by atoms with van der Waals surface area (Å²) in [6.45, 7) is 5.43. The molecule has 0 fully saturated rings. The molecule has 14 heavy (non-hydrogen) atoms. The van der Waals surface area contributed by atoms with E-state index in [1.165, 1.54) is 6.92 Å². The van der Waals surface area contributed by atoms with Gasteiger partial charge in [0.05, 0.1) is 12.7 Å². The van der Waals surface area contributed by atoms with E-state index in [1.807, 2.05) is 13.8 Å². The monoisotopic (exact) mass is 202 g/mol. The Labute approximate surface area is 84.6 Å². The van der Waals surface area contributed by atoms with Crippen LogP contribution in [0, 0.1) is 0 Å². The number of rotatable bonds is 6. The SMILES string of the molecule is CCC(C)OC(=O)CCCOC(C)=O. The predicted molar refractivity (Wildman–Crippen MR) is 51.7 cm³/mol. The Bertz CT molecular complexity index is 189. The fourth-order valence-corrected chi connectivity index (χ4v) is 0.799. The van der Waals surface area contributed by atoms with Crippen molar-refractivity contribution in [2.45, 2.75) is 46.1 Å². The van der Waals surface area contributed by atoms with E-state index < -0.39 is 0 Å². The van der Waals surface area contributed by atoms with E-state index in [4.69, 9.17) is 4.74 Å². The van der Waals surface area contributed by atoms with Crippen LogP contribution < -0.4 is 0 Å². The Morgan fingerprint density at radius 2 is 2.00 bits per heavy atom. The third-order valence-electron chi connectivity index (χ3n) is 1.74. The van der Waals surface area contributed by atoms with Crippen LogP contribution >= 0.6 is 0 Å². The summed E-state index contributed by atoms with van der Waals surface area (Å²) >= 11 is 0. The molecule has 0 rings (SSSR count). The summed E-state index contributed by atoms with van der Waals surface area (Å²) in [6, 6.07) is 0. The zero-order chi connectivity index (χ0) is 11.0. The van der Waals surface area contributed by atoms with E-state index in [2.05, 4.69) is 4.74 Å². The molecular weight excluding hydrogens is 184 g/mol. The standard InChI is InChI=1S/C10H18O4/c1-4-8(2)14-10(12)6-5-7-13-9(3)11/h8H,4-7H2,1-3H3. The van der Waals surface area contributed by atoms with Gasteiger partial charge < -0.3 is 9.47 Å². The molecule has 0 amide bonds. The summed E-state index contributed by atoms with van der Waals surface area (Å²) in [4.78, 5) is 21.5. The lowest BCUT2D eigenvalue weighted by atomic mass is 10.3. The normalized spacial score (nSPS) is 11.9. The van der Waals surface area contributed by atoms with Crippen molar-refractivity contribution in [3.05, 3.63) is 0 Å². The molecule has 0 aromatic carbocycles. The van der Waals surface area contributed by atoms with Gasteiger partial charge in [-0.15, -0.1) is 0 Å². The summed E-state index contributed by atoms with van der Waals surface area (Å²) in [7, 11) is 0. The smallest absolute Gasteiger partial charge is 0.306 e. The van der Waals surface area contributed by atoms with Gasteiger partial charge in [-0.3, -0.25) is 9.59 Å². The molecule has 0 aromatic heterocycles. The highest BCUT2D eigenvalue weighted by Gasteiger charge is 2.07. The van der Waals surface area contributed by atoms with Gasteiger partial charge in [0, 0.05) is 13.3 Å². The van der Waals surface area contributed by atoms with Crippen LogP contribution in [0.5, 0.6) is 0 Å². The fourth-order valence-electron chi connectivity index (χ4n) is 0.799. The second-order valence-electron chi connectivity index (χ2n) is 3.15. The van der Waals surface area contributed by atoms with Crippen molar-refractivity contribution in [3.63, 3.8) is 0 Å². The molecule has 0 N–H and O–H groups in total. The van der Waals surface area contributed by atoms with Crippen LogP contribution in [0.1, 0.15) is 40.0 Å². The molecule has 1 atom stereocenters. The average Bonchev–Trinajstić information content (AvgIpc) is 2.12. The van der Waals surface area contributed by atoms with E-state index in [0.29, 0.717) is 12.8 Å². The van der Waals surface area contributed by atoms with E-state index in [-0.39, 0.29) is 24.6 Å². The van der Waals surface area contributed by atoms with Crippen molar-refractivity contribution in [2.24, 2.45) is 0 Å². The van der Waals surface area contributed by atoms with Gasteiger partial charge >= 0.3 is 11.9 Å². The van der Waals surface area contributed by atoms with Gasteiger partial charge in [-0.05, 0) is 19.8 Å². The van der Waals surface area contributed by atoms with Gasteiger partial charge in [0.2, 0.25) is 0 Å². The average molecular weight is 202 g/mol. The van der Waals surface area contributed by atoms with Crippen molar-refractivity contribution in [1.82, 2.24) is 0 Å². The lowest BCUT2D eigenvalue weighted by Gasteiger charge is -2.10. The van der Waals surface area contributed by atoms with Gasteiger partial charge in [-0.25, -0.2) is 0 Å². The maximum Gasteiger partial charge on any atom is 0.306 e. The third kappa shape index (κ3) is 7.58. The molecule has 0 aliphatic heterocycles. The molecule has 0 aliphatic rings. The highest BCUT2D eigenvalue weighted by atomic mass is 16.5. The summed E-state index contributed by atoms with van der Waals surface area (Å²) in [5.41, 5.74) is 0. The second-order valence-corrected chi connectivity index (χ2v) is 3.15. The first-order valence-corrected chi connectivity index (χ1v) is 4.89. The Kier molecular flexibility index (Phi) is 6.80. The Morgan fingerprint density at radius 3 is 2.50 bits per heavy atom. The van der Waals surface area contributed by atoms with Crippen LogP contribution in [-0.2, 0) is 19.1 Å². The Morgan fingerprint density at radius 1 is 1.36 bits per heavy atom. The minimum Gasteiger partial charge on any atom is -0.466 e. The third-order valence-corrected chi connectivity index (χ3v) is 1.74. The topological polar surface area (TPSA) is 52.6 Å². The number of hydrogen-bond acceptors (Lipinski definition) is 4. The van der Waals surface area contributed by atoms with Crippen molar-refractivity contribution in [3.8, 4) is 0 Å². The lowest BCUT2D eigenvalue weighted by molar-refractivity contribution is -0.150. The van der Waals surface area contributed by atoms with Gasteiger partial charge in [-0.1, -0.05) is 6.92 Å². The van der Waals surface area contributed by atoms with Gasteiger partial charge in [-0.2, -0.15) is 0 Å². The van der Waals surface area contributed by atoms with E-state index in [0.717, 1.165) is 6.42 Å². The molecule has 0 aliphatic carbocycles. The number of esters is 2. The molecule has 4 heteroatoms. The molecule has 4 nitrogen and oxygen atoms in total. The number of ether oxygens (including phenoxy) is 2. The second kappa shape index (κ2) is 7.35. The van der Waals surface area contributed by atoms with Gasteiger partial charge in [0.25, 0.3) is 0 Å². The first kappa shape index (κ1) is 12.9.